The molecule has 0 aliphatic carbocycles. The van der Waals surface area contributed by atoms with E-state index in [1.165, 1.54) is 12.8 Å². The Morgan fingerprint density at radius 3 is 2.00 bits per heavy atom. The summed E-state index contributed by atoms with van der Waals surface area (Å²) in [5.74, 6) is 2.32. The summed E-state index contributed by atoms with van der Waals surface area (Å²) in [7, 11) is 0. The summed E-state index contributed by atoms with van der Waals surface area (Å²) in [6.45, 7) is 12.9. The maximum absolute atomic E-state index is 3.81. The van der Waals surface area contributed by atoms with Crippen molar-refractivity contribution in [3.8, 4) is 0 Å². The Labute approximate surface area is 71.7 Å². The third-order valence-electron chi connectivity index (χ3n) is 2.47. The molecule has 0 radical (unpaired) electrons. The highest BCUT2D eigenvalue weighted by Gasteiger charge is 2.08. The van der Waals surface area contributed by atoms with Gasteiger partial charge in [0.1, 0.15) is 0 Å². The zero-order valence-electron chi connectivity index (χ0n) is 8.43. The molecule has 66 valence electrons. The van der Waals surface area contributed by atoms with Gasteiger partial charge in [-0.25, -0.2) is 0 Å². The Morgan fingerprint density at radius 2 is 1.64 bits per heavy atom. The fraction of sp³-hybridized carbons (Fsp3) is 0.818. The van der Waals surface area contributed by atoms with E-state index >= 15 is 0 Å². The van der Waals surface area contributed by atoms with E-state index in [1.807, 2.05) is 0 Å². The summed E-state index contributed by atoms with van der Waals surface area (Å²) in [6, 6.07) is 0. The maximum atomic E-state index is 3.81. The van der Waals surface area contributed by atoms with Gasteiger partial charge in [-0.15, -0.1) is 6.58 Å². The highest BCUT2D eigenvalue weighted by atomic mass is 14.1. The molecule has 0 spiro atoms. The van der Waals surface area contributed by atoms with Gasteiger partial charge in [-0.3, -0.25) is 0 Å². The molecule has 2 unspecified atom stereocenters. The van der Waals surface area contributed by atoms with Crippen LogP contribution in [0.25, 0.3) is 0 Å². The third kappa shape index (κ3) is 5.06. The van der Waals surface area contributed by atoms with Crippen LogP contribution in [-0.4, -0.2) is 0 Å². The number of hydrogen-bond donors (Lipinski definition) is 0. The molecule has 2 atom stereocenters. The molecule has 0 aliphatic heterocycles. The average Bonchev–Trinajstić information content (AvgIpc) is 1.98. The lowest BCUT2D eigenvalue weighted by Crippen LogP contribution is -2.06. The van der Waals surface area contributed by atoms with Gasteiger partial charge in [0.05, 0.1) is 0 Å². The summed E-state index contributed by atoms with van der Waals surface area (Å²) in [4.78, 5) is 0. The average molecular weight is 154 g/mol. The van der Waals surface area contributed by atoms with Gasteiger partial charge in [-0.1, -0.05) is 40.2 Å². The molecule has 0 saturated heterocycles. The van der Waals surface area contributed by atoms with E-state index < -0.39 is 0 Å². The van der Waals surface area contributed by atoms with Crippen molar-refractivity contribution in [3.63, 3.8) is 0 Å². The van der Waals surface area contributed by atoms with E-state index in [0.29, 0.717) is 5.92 Å². The first-order chi connectivity index (χ1) is 5.07. The SMILES string of the molecule is C=CC(C)C(C)CCC(C)C. The monoisotopic (exact) mass is 154 g/mol. The first kappa shape index (κ1) is 10.7. The Hall–Kier alpha value is -0.260. The van der Waals surface area contributed by atoms with Gasteiger partial charge in [0, 0.05) is 0 Å². The number of allylic oxidation sites excluding steroid dienone is 1. The molecule has 0 amide bonds. The molecule has 0 saturated carbocycles. The van der Waals surface area contributed by atoms with Crippen LogP contribution in [0.15, 0.2) is 12.7 Å². The molecular weight excluding hydrogens is 132 g/mol. The first-order valence-electron chi connectivity index (χ1n) is 4.70. The minimum absolute atomic E-state index is 0.675. The molecule has 0 bridgehead atoms. The van der Waals surface area contributed by atoms with Crippen molar-refractivity contribution in [1.82, 2.24) is 0 Å². The van der Waals surface area contributed by atoms with Crippen molar-refractivity contribution in [1.29, 1.82) is 0 Å². The summed E-state index contributed by atoms with van der Waals surface area (Å²) in [5, 5.41) is 0. The van der Waals surface area contributed by atoms with E-state index in [4.69, 9.17) is 0 Å². The predicted molar refractivity (Wildman–Crippen MR) is 52.6 cm³/mol. The van der Waals surface area contributed by atoms with Gasteiger partial charge in [-0.2, -0.15) is 0 Å². The summed E-state index contributed by atoms with van der Waals surface area (Å²) in [6.07, 6.45) is 4.75. The van der Waals surface area contributed by atoms with Crippen LogP contribution >= 0.6 is 0 Å². The highest BCUT2D eigenvalue weighted by Crippen LogP contribution is 2.19. The summed E-state index contributed by atoms with van der Waals surface area (Å²) in [5.41, 5.74) is 0. The van der Waals surface area contributed by atoms with Gasteiger partial charge in [0.2, 0.25) is 0 Å². The Bertz CT molecular complexity index is 103. The van der Waals surface area contributed by atoms with E-state index in [-0.39, 0.29) is 0 Å². The number of rotatable bonds is 5. The molecule has 0 aromatic rings. The van der Waals surface area contributed by atoms with Crippen LogP contribution < -0.4 is 0 Å². The molecule has 0 heteroatoms. The Kier molecular flexibility index (Phi) is 5.27. The van der Waals surface area contributed by atoms with Crippen LogP contribution in [0.3, 0.4) is 0 Å². The Balaban J connectivity index is 3.51. The lowest BCUT2D eigenvalue weighted by atomic mass is 9.89. The van der Waals surface area contributed by atoms with Crippen LogP contribution in [0.2, 0.25) is 0 Å². The molecule has 0 aromatic carbocycles. The molecular formula is C11H22. The van der Waals surface area contributed by atoms with Crippen LogP contribution in [0.5, 0.6) is 0 Å². The standard InChI is InChI=1S/C11H22/c1-6-10(4)11(5)8-7-9(2)3/h6,9-11H,1,7-8H2,2-5H3. The fourth-order valence-corrected chi connectivity index (χ4v) is 1.09. The molecule has 0 N–H and O–H groups in total. The minimum atomic E-state index is 0.675. The zero-order valence-corrected chi connectivity index (χ0v) is 8.43. The van der Waals surface area contributed by atoms with Crippen LogP contribution in [0, 0.1) is 17.8 Å². The van der Waals surface area contributed by atoms with Crippen molar-refractivity contribution in [2.75, 3.05) is 0 Å². The van der Waals surface area contributed by atoms with Gasteiger partial charge < -0.3 is 0 Å². The van der Waals surface area contributed by atoms with Crippen molar-refractivity contribution >= 4 is 0 Å². The smallest absolute Gasteiger partial charge is 0.0239 e. The van der Waals surface area contributed by atoms with E-state index in [0.717, 1.165) is 11.8 Å². The topological polar surface area (TPSA) is 0 Å². The highest BCUT2D eigenvalue weighted by molar-refractivity contribution is 4.79. The fourth-order valence-electron chi connectivity index (χ4n) is 1.09. The molecule has 0 aliphatic rings. The second-order valence-corrected chi connectivity index (χ2v) is 4.04. The molecule has 11 heavy (non-hydrogen) atoms. The van der Waals surface area contributed by atoms with Gasteiger partial charge in [-0.05, 0) is 24.2 Å². The van der Waals surface area contributed by atoms with Gasteiger partial charge in [0.25, 0.3) is 0 Å². The van der Waals surface area contributed by atoms with Crippen molar-refractivity contribution in [3.05, 3.63) is 12.7 Å². The molecule has 0 heterocycles. The minimum Gasteiger partial charge on any atom is -0.103 e. The second kappa shape index (κ2) is 5.40. The molecule has 0 aromatic heterocycles. The van der Waals surface area contributed by atoms with Crippen molar-refractivity contribution < 1.29 is 0 Å². The summed E-state index contributed by atoms with van der Waals surface area (Å²) >= 11 is 0. The van der Waals surface area contributed by atoms with E-state index in [1.54, 1.807) is 0 Å². The maximum Gasteiger partial charge on any atom is -0.0239 e. The summed E-state index contributed by atoms with van der Waals surface area (Å²) < 4.78 is 0. The van der Waals surface area contributed by atoms with Crippen LogP contribution in [-0.2, 0) is 0 Å². The predicted octanol–water partition coefficient (Wildman–Crippen LogP) is 3.88. The van der Waals surface area contributed by atoms with Gasteiger partial charge in [0.15, 0.2) is 0 Å². The number of hydrogen-bond acceptors (Lipinski definition) is 0. The third-order valence-corrected chi connectivity index (χ3v) is 2.47. The molecule has 0 fully saturated rings. The van der Waals surface area contributed by atoms with E-state index in [9.17, 15) is 0 Å². The van der Waals surface area contributed by atoms with Crippen LogP contribution in [0.4, 0.5) is 0 Å². The molecule has 0 rings (SSSR count). The zero-order chi connectivity index (χ0) is 8.85. The van der Waals surface area contributed by atoms with Gasteiger partial charge >= 0.3 is 0 Å². The lowest BCUT2D eigenvalue weighted by molar-refractivity contribution is 0.385. The van der Waals surface area contributed by atoms with Crippen LogP contribution in [0.1, 0.15) is 40.5 Å². The molecule has 0 nitrogen and oxygen atoms in total. The van der Waals surface area contributed by atoms with Crippen molar-refractivity contribution in [2.24, 2.45) is 17.8 Å². The van der Waals surface area contributed by atoms with E-state index in [2.05, 4.69) is 40.3 Å². The normalized spacial score (nSPS) is 16.5. The van der Waals surface area contributed by atoms with Crippen molar-refractivity contribution in [2.45, 2.75) is 40.5 Å². The first-order valence-corrected chi connectivity index (χ1v) is 4.70. The Morgan fingerprint density at radius 1 is 1.09 bits per heavy atom. The second-order valence-electron chi connectivity index (χ2n) is 4.04. The lowest BCUT2D eigenvalue weighted by Gasteiger charge is -2.16. The quantitative estimate of drug-likeness (QED) is 0.527. The largest absolute Gasteiger partial charge is 0.103 e.